The Kier molecular flexibility index (Phi) is 3.75. The van der Waals surface area contributed by atoms with Crippen molar-refractivity contribution < 1.29 is 9.53 Å². The molecule has 0 unspecified atom stereocenters. The van der Waals surface area contributed by atoms with Crippen LogP contribution in [0.4, 0.5) is 0 Å². The Labute approximate surface area is 107 Å². The largest absolute Gasteiger partial charge is 0.541 e. The molecule has 0 aliphatic heterocycles. The Bertz CT molecular complexity index is 383. The predicted molar refractivity (Wildman–Crippen MR) is 73.6 cm³/mol. The fraction of sp³-hybridized carbons (Fsp3) is 0.500. The van der Waals surface area contributed by atoms with Gasteiger partial charge in [-0.3, -0.25) is 0 Å². The Morgan fingerprint density at radius 3 is 2.31 bits per heavy atom. The number of hydrogen-bond acceptors (Lipinski definition) is 2. The van der Waals surface area contributed by atoms with Gasteiger partial charge < -0.3 is 9.53 Å². The van der Waals surface area contributed by atoms with E-state index in [0.717, 1.165) is 4.47 Å². The maximum Gasteiger partial charge on any atom is 0.250 e. The molecule has 4 heteroatoms. The van der Waals surface area contributed by atoms with Gasteiger partial charge in [-0.25, -0.2) is 0 Å². The van der Waals surface area contributed by atoms with E-state index in [0.29, 0.717) is 5.75 Å². The predicted octanol–water partition coefficient (Wildman–Crippen LogP) is 4.54. The summed E-state index contributed by atoms with van der Waals surface area (Å²) in [5.74, 6) is 0.772. The average Bonchev–Trinajstić information content (AvgIpc) is 2.09. The lowest BCUT2D eigenvalue weighted by Gasteiger charge is -2.36. The number of rotatable bonds is 2. The average molecular weight is 303 g/mol. The van der Waals surface area contributed by atoms with Crippen LogP contribution in [0.25, 0.3) is 0 Å². The highest BCUT2D eigenvalue weighted by Gasteiger charge is 2.39. The minimum absolute atomic E-state index is 0.127. The van der Waals surface area contributed by atoms with Crippen molar-refractivity contribution in [3.05, 3.63) is 22.7 Å². The van der Waals surface area contributed by atoms with Gasteiger partial charge in [0.2, 0.25) is 0 Å². The second-order valence-electron chi connectivity index (χ2n) is 5.47. The van der Waals surface area contributed by atoms with Crippen LogP contribution in [0.3, 0.4) is 0 Å². The quantitative estimate of drug-likeness (QED) is 0.813. The van der Waals surface area contributed by atoms with Gasteiger partial charge in [-0.15, -0.1) is 0 Å². The highest BCUT2D eigenvalue weighted by molar-refractivity contribution is 9.10. The third kappa shape index (κ3) is 3.01. The molecule has 1 aromatic rings. The Balaban J connectivity index is 3.01. The van der Waals surface area contributed by atoms with Crippen molar-refractivity contribution >= 4 is 24.2 Å². The summed E-state index contributed by atoms with van der Waals surface area (Å²) in [4.78, 5) is 0. The lowest BCUT2D eigenvalue weighted by molar-refractivity contribution is 0.422. The van der Waals surface area contributed by atoms with Crippen molar-refractivity contribution in [2.45, 2.75) is 38.9 Å². The normalized spacial score (nSPS) is 12.6. The summed E-state index contributed by atoms with van der Waals surface area (Å²) in [6.45, 7) is 10.8. The molecule has 0 heterocycles. The number of aromatic hydroxyl groups is 1. The zero-order valence-corrected chi connectivity index (χ0v) is 13.1. The molecule has 0 fully saturated rings. The summed E-state index contributed by atoms with van der Waals surface area (Å²) in [5.41, 5.74) is 0. The van der Waals surface area contributed by atoms with Gasteiger partial charge in [0.25, 0.3) is 8.32 Å². The SMILES string of the molecule is CC(C)(C)[Si](C)(C)Oc1cc(Br)ccc1O. The third-order valence-electron chi connectivity index (χ3n) is 3.09. The van der Waals surface area contributed by atoms with E-state index in [4.69, 9.17) is 4.43 Å². The molecule has 1 rings (SSSR count). The number of phenols is 1. The van der Waals surface area contributed by atoms with Crippen LogP contribution >= 0.6 is 15.9 Å². The first-order valence-corrected chi connectivity index (χ1v) is 9.01. The molecule has 90 valence electrons. The molecule has 1 N–H and O–H groups in total. The maximum atomic E-state index is 9.74. The smallest absolute Gasteiger partial charge is 0.250 e. The van der Waals surface area contributed by atoms with E-state index in [9.17, 15) is 5.11 Å². The Morgan fingerprint density at radius 1 is 1.25 bits per heavy atom. The lowest BCUT2D eigenvalue weighted by atomic mass is 10.2. The lowest BCUT2D eigenvalue weighted by Crippen LogP contribution is -2.43. The number of hydrogen-bond donors (Lipinski definition) is 1. The summed E-state index contributed by atoms with van der Waals surface area (Å²) in [6, 6.07) is 5.26. The number of phenolic OH excluding ortho intramolecular Hbond substituents is 1. The van der Waals surface area contributed by atoms with E-state index in [2.05, 4.69) is 49.8 Å². The first-order chi connectivity index (χ1) is 7.13. The van der Waals surface area contributed by atoms with Crippen molar-refractivity contribution in [3.8, 4) is 11.5 Å². The molecule has 0 spiro atoms. The van der Waals surface area contributed by atoms with Gasteiger partial charge in [0.05, 0.1) is 0 Å². The van der Waals surface area contributed by atoms with Crippen LogP contribution in [0.1, 0.15) is 20.8 Å². The summed E-state index contributed by atoms with van der Waals surface area (Å²) in [5, 5.41) is 9.87. The summed E-state index contributed by atoms with van der Waals surface area (Å²) >= 11 is 3.38. The summed E-state index contributed by atoms with van der Waals surface area (Å²) in [7, 11) is -1.88. The molecule has 0 aliphatic carbocycles. The standard InChI is InChI=1S/C12H19BrO2Si/c1-12(2,3)16(4,5)15-11-8-9(13)6-7-10(11)14/h6-8,14H,1-5H3. The van der Waals surface area contributed by atoms with Gasteiger partial charge in [-0.1, -0.05) is 36.7 Å². The molecule has 0 bridgehead atoms. The molecule has 0 atom stereocenters. The van der Waals surface area contributed by atoms with E-state index in [1.165, 1.54) is 0 Å². The molecular formula is C12H19BrO2Si. The first-order valence-electron chi connectivity index (χ1n) is 5.31. The molecule has 0 saturated heterocycles. The van der Waals surface area contributed by atoms with Gasteiger partial charge in [0.1, 0.15) is 5.75 Å². The minimum Gasteiger partial charge on any atom is -0.541 e. The second kappa shape index (κ2) is 4.41. The molecule has 0 aliphatic rings. The molecule has 0 radical (unpaired) electrons. The van der Waals surface area contributed by atoms with Crippen LogP contribution in [-0.4, -0.2) is 13.4 Å². The van der Waals surface area contributed by atoms with Crippen LogP contribution in [0.2, 0.25) is 18.1 Å². The van der Waals surface area contributed by atoms with Gasteiger partial charge in [0.15, 0.2) is 5.75 Å². The van der Waals surface area contributed by atoms with Crippen LogP contribution in [-0.2, 0) is 0 Å². The van der Waals surface area contributed by atoms with Crippen molar-refractivity contribution in [2.24, 2.45) is 0 Å². The van der Waals surface area contributed by atoms with E-state index in [-0.39, 0.29) is 10.8 Å². The molecule has 1 aromatic carbocycles. The highest BCUT2D eigenvalue weighted by Crippen LogP contribution is 2.40. The van der Waals surface area contributed by atoms with Crippen molar-refractivity contribution in [3.63, 3.8) is 0 Å². The second-order valence-corrected chi connectivity index (χ2v) is 11.1. The van der Waals surface area contributed by atoms with Gasteiger partial charge in [0, 0.05) is 4.47 Å². The number of benzene rings is 1. The van der Waals surface area contributed by atoms with E-state index in [1.807, 2.05) is 6.07 Å². The molecule has 0 aromatic heterocycles. The first kappa shape index (κ1) is 13.6. The maximum absolute atomic E-state index is 9.74. The van der Waals surface area contributed by atoms with Gasteiger partial charge >= 0.3 is 0 Å². The van der Waals surface area contributed by atoms with Crippen molar-refractivity contribution in [2.75, 3.05) is 0 Å². The molecular weight excluding hydrogens is 284 g/mol. The van der Waals surface area contributed by atoms with Gasteiger partial charge in [-0.2, -0.15) is 0 Å². The molecule has 0 amide bonds. The third-order valence-corrected chi connectivity index (χ3v) is 7.93. The highest BCUT2D eigenvalue weighted by atomic mass is 79.9. The zero-order valence-electron chi connectivity index (χ0n) is 10.5. The Hall–Kier alpha value is -0.483. The van der Waals surface area contributed by atoms with Crippen molar-refractivity contribution in [1.29, 1.82) is 0 Å². The Morgan fingerprint density at radius 2 is 1.81 bits per heavy atom. The fourth-order valence-electron chi connectivity index (χ4n) is 0.998. The van der Waals surface area contributed by atoms with Crippen LogP contribution < -0.4 is 4.43 Å². The minimum atomic E-state index is -1.88. The van der Waals surface area contributed by atoms with Crippen molar-refractivity contribution in [1.82, 2.24) is 0 Å². The summed E-state index contributed by atoms with van der Waals surface area (Å²) < 4.78 is 6.95. The zero-order chi connectivity index (χ0) is 12.6. The summed E-state index contributed by atoms with van der Waals surface area (Å²) in [6.07, 6.45) is 0. The fourth-order valence-corrected chi connectivity index (χ4v) is 2.36. The molecule has 16 heavy (non-hydrogen) atoms. The van der Waals surface area contributed by atoms with Crippen LogP contribution in [0.5, 0.6) is 11.5 Å². The van der Waals surface area contributed by atoms with E-state index in [1.54, 1.807) is 12.1 Å². The van der Waals surface area contributed by atoms with Crippen LogP contribution in [0.15, 0.2) is 22.7 Å². The van der Waals surface area contributed by atoms with Crippen LogP contribution in [0, 0.1) is 0 Å². The van der Waals surface area contributed by atoms with E-state index < -0.39 is 8.32 Å². The molecule has 2 nitrogen and oxygen atoms in total. The van der Waals surface area contributed by atoms with E-state index >= 15 is 0 Å². The monoisotopic (exact) mass is 302 g/mol. The topological polar surface area (TPSA) is 29.5 Å². The molecule has 0 saturated carbocycles. The number of halogens is 1. The van der Waals surface area contributed by atoms with Gasteiger partial charge in [-0.05, 0) is 36.3 Å².